The second kappa shape index (κ2) is 6.20. The molecule has 1 N–H and O–H groups in total. The third-order valence-electron chi connectivity index (χ3n) is 3.00. The summed E-state index contributed by atoms with van der Waals surface area (Å²) in [5, 5.41) is 3.21. The quantitative estimate of drug-likeness (QED) is 0.686. The number of carbonyl (C=O) groups excluding carboxylic acids is 1. The number of rotatable bonds is 5. The van der Waals surface area contributed by atoms with Crippen LogP contribution in [0.5, 0.6) is 0 Å². The average molecular weight is 213 g/mol. The lowest BCUT2D eigenvalue weighted by Gasteiger charge is -2.40. The molecule has 88 valence electrons. The highest BCUT2D eigenvalue weighted by Crippen LogP contribution is 2.08. The average Bonchev–Trinajstić information content (AvgIpc) is 2.20. The van der Waals surface area contributed by atoms with E-state index in [4.69, 9.17) is 0 Å². The Morgan fingerprint density at radius 1 is 1.47 bits per heavy atom. The number of carbonyl (C=O) groups is 1. The fraction of sp³-hybridized carbons (Fsp3) is 0.909. The predicted octanol–water partition coefficient (Wildman–Crippen LogP) is -0.199. The summed E-state index contributed by atoms with van der Waals surface area (Å²) in [4.78, 5) is 15.9. The van der Waals surface area contributed by atoms with Crippen LogP contribution in [0.3, 0.4) is 0 Å². The lowest BCUT2D eigenvalue weighted by molar-refractivity contribution is -0.119. The van der Waals surface area contributed by atoms with Crippen LogP contribution < -0.4 is 5.32 Å². The van der Waals surface area contributed by atoms with Crippen LogP contribution in [0.2, 0.25) is 0 Å². The van der Waals surface area contributed by atoms with Crippen LogP contribution in [-0.2, 0) is 4.79 Å². The molecule has 0 amide bonds. The molecule has 1 saturated heterocycles. The van der Waals surface area contributed by atoms with Gasteiger partial charge in [0, 0.05) is 32.2 Å². The molecule has 4 nitrogen and oxygen atoms in total. The first-order chi connectivity index (χ1) is 7.17. The maximum atomic E-state index is 11.1. The number of nitrogens with one attached hydrogen (secondary N) is 1. The summed E-state index contributed by atoms with van der Waals surface area (Å²) in [7, 11) is 1.97. The van der Waals surface area contributed by atoms with Gasteiger partial charge in [0.05, 0.1) is 6.54 Å². The van der Waals surface area contributed by atoms with Gasteiger partial charge in [-0.3, -0.25) is 9.69 Å². The third kappa shape index (κ3) is 3.89. The highest BCUT2D eigenvalue weighted by molar-refractivity contribution is 5.77. The van der Waals surface area contributed by atoms with Gasteiger partial charge in [0.2, 0.25) is 0 Å². The first-order valence-corrected chi connectivity index (χ1v) is 5.77. The molecule has 0 aliphatic carbocycles. The van der Waals surface area contributed by atoms with E-state index in [0.717, 1.165) is 32.7 Å². The van der Waals surface area contributed by atoms with Crippen LogP contribution in [-0.4, -0.2) is 67.9 Å². The van der Waals surface area contributed by atoms with Gasteiger partial charge in [-0.2, -0.15) is 0 Å². The Hall–Kier alpha value is -0.450. The minimum Gasteiger partial charge on any atom is -0.318 e. The van der Waals surface area contributed by atoms with E-state index in [-0.39, 0.29) is 5.78 Å². The number of piperazine rings is 1. The SMILES string of the molecule is CCN1CCN(CC(C)=O)C(CNC)C1. The molecule has 1 heterocycles. The van der Waals surface area contributed by atoms with Gasteiger partial charge >= 0.3 is 0 Å². The summed E-state index contributed by atoms with van der Waals surface area (Å²) < 4.78 is 0. The van der Waals surface area contributed by atoms with Crippen molar-refractivity contribution in [2.24, 2.45) is 0 Å². The van der Waals surface area contributed by atoms with E-state index in [1.54, 1.807) is 6.92 Å². The maximum Gasteiger partial charge on any atom is 0.143 e. The summed E-state index contributed by atoms with van der Waals surface area (Å²) in [6, 6.07) is 0.479. The molecule has 0 aromatic carbocycles. The number of likely N-dealkylation sites (N-methyl/N-ethyl adjacent to an activating group) is 2. The van der Waals surface area contributed by atoms with Crippen molar-refractivity contribution in [3.8, 4) is 0 Å². The molecule has 1 fully saturated rings. The zero-order valence-electron chi connectivity index (χ0n) is 10.1. The van der Waals surface area contributed by atoms with Gasteiger partial charge in [-0.05, 0) is 20.5 Å². The van der Waals surface area contributed by atoms with E-state index in [1.807, 2.05) is 7.05 Å². The zero-order chi connectivity index (χ0) is 11.3. The van der Waals surface area contributed by atoms with E-state index in [1.165, 1.54) is 0 Å². The summed E-state index contributed by atoms with van der Waals surface area (Å²) in [5.74, 6) is 0.265. The Morgan fingerprint density at radius 2 is 2.20 bits per heavy atom. The molecule has 0 aromatic rings. The van der Waals surface area contributed by atoms with Gasteiger partial charge in [0.25, 0.3) is 0 Å². The monoisotopic (exact) mass is 213 g/mol. The van der Waals surface area contributed by atoms with Gasteiger partial charge in [0.15, 0.2) is 0 Å². The van der Waals surface area contributed by atoms with Gasteiger partial charge in [-0.25, -0.2) is 0 Å². The number of Topliss-reactive ketones (excluding diaryl/α,β-unsaturated/α-hetero) is 1. The molecule has 15 heavy (non-hydrogen) atoms. The van der Waals surface area contributed by atoms with Crippen molar-refractivity contribution in [1.29, 1.82) is 0 Å². The second-order valence-electron chi connectivity index (χ2n) is 4.28. The molecule has 0 aromatic heterocycles. The molecular weight excluding hydrogens is 190 g/mol. The number of nitrogens with zero attached hydrogens (tertiary/aromatic N) is 2. The smallest absolute Gasteiger partial charge is 0.143 e. The standard InChI is InChI=1S/C11H23N3O/c1-4-13-5-6-14(8-10(2)15)11(9-13)7-12-3/h11-12H,4-9H2,1-3H3. The fourth-order valence-electron chi connectivity index (χ4n) is 2.17. The normalized spacial score (nSPS) is 24.3. The fourth-order valence-corrected chi connectivity index (χ4v) is 2.17. The van der Waals surface area contributed by atoms with Crippen LogP contribution in [0, 0.1) is 0 Å². The summed E-state index contributed by atoms with van der Waals surface area (Å²) in [5.41, 5.74) is 0. The lowest BCUT2D eigenvalue weighted by atomic mass is 10.1. The van der Waals surface area contributed by atoms with Crippen LogP contribution in [0.25, 0.3) is 0 Å². The molecule has 1 atom stereocenters. The van der Waals surface area contributed by atoms with Crippen LogP contribution in [0.1, 0.15) is 13.8 Å². The van der Waals surface area contributed by atoms with E-state index in [2.05, 4.69) is 22.0 Å². The molecule has 0 spiro atoms. The number of hydrogen-bond acceptors (Lipinski definition) is 4. The van der Waals surface area contributed by atoms with Crippen LogP contribution >= 0.6 is 0 Å². The Morgan fingerprint density at radius 3 is 2.73 bits per heavy atom. The van der Waals surface area contributed by atoms with Crippen molar-refractivity contribution in [1.82, 2.24) is 15.1 Å². The van der Waals surface area contributed by atoms with E-state index < -0.39 is 0 Å². The van der Waals surface area contributed by atoms with Crippen molar-refractivity contribution in [3.63, 3.8) is 0 Å². The highest BCUT2D eigenvalue weighted by atomic mass is 16.1. The minimum atomic E-state index is 0.265. The molecule has 1 rings (SSSR count). The predicted molar refractivity (Wildman–Crippen MR) is 62.1 cm³/mol. The second-order valence-corrected chi connectivity index (χ2v) is 4.28. The molecular formula is C11H23N3O. The summed E-state index contributed by atoms with van der Waals surface area (Å²) >= 11 is 0. The number of ketones is 1. The Labute approximate surface area is 92.6 Å². The Bertz CT molecular complexity index is 208. The van der Waals surface area contributed by atoms with Gasteiger partial charge < -0.3 is 10.2 Å². The molecule has 1 aliphatic rings. The number of hydrogen-bond donors (Lipinski definition) is 1. The van der Waals surface area contributed by atoms with E-state index in [9.17, 15) is 4.79 Å². The van der Waals surface area contributed by atoms with E-state index in [0.29, 0.717) is 12.6 Å². The summed E-state index contributed by atoms with van der Waals surface area (Å²) in [6.45, 7) is 9.70. The molecule has 0 bridgehead atoms. The van der Waals surface area contributed by atoms with E-state index >= 15 is 0 Å². The maximum absolute atomic E-state index is 11.1. The van der Waals surface area contributed by atoms with Gasteiger partial charge in [-0.1, -0.05) is 6.92 Å². The first kappa shape index (κ1) is 12.6. The molecule has 0 radical (unpaired) electrons. The van der Waals surface area contributed by atoms with Crippen molar-refractivity contribution in [3.05, 3.63) is 0 Å². The summed E-state index contributed by atoms with van der Waals surface area (Å²) in [6.07, 6.45) is 0. The van der Waals surface area contributed by atoms with Crippen molar-refractivity contribution in [2.75, 3.05) is 46.3 Å². The van der Waals surface area contributed by atoms with Gasteiger partial charge in [0.1, 0.15) is 5.78 Å². The highest BCUT2D eigenvalue weighted by Gasteiger charge is 2.25. The Kier molecular flexibility index (Phi) is 5.22. The third-order valence-corrected chi connectivity index (χ3v) is 3.00. The van der Waals surface area contributed by atoms with Crippen molar-refractivity contribution in [2.45, 2.75) is 19.9 Å². The molecule has 1 aliphatic heterocycles. The van der Waals surface area contributed by atoms with Crippen LogP contribution in [0.4, 0.5) is 0 Å². The Balaban J connectivity index is 2.50. The first-order valence-electron chi connectivity index (χ1n) is 5.77. The molecule has 0 saturated carbocycles. The molecule has 4 heteroatoms. The largest absolute Gasteiger partial charge is 0.318 e. The zero-order valence-corrected chi connectivity index (χ0v) is 10.1. The van der Waals surface area contributed by atoms with Crippen molar-refractivity contribution < 1.29 is 4.79 Å². The minimum absolute atomic E-state index is 0.265. The van der Waals surface area contributed by atoms with Crippen LogP contribution in [0.15, 0.2) is 0 Å². The topological polar surface area (TPSA) is 35.6 Å². The van der Waals surface area contributed by atoms with Gasteiger partial charge in [-0.15, -0.1) is 0 Å². The van der Waals surface area contributed by atoms with Crippen molar-refractivity contribution >= 4 is 5.78 Å². The molecule has 1 unspecified atom stereocenters. The lowest BCUT2D eigenvalue weighted by Crippen LogP contribution is -2.57.